The number of piperidine rings is 1. The fourth-order valence-corrected chi connectivity index (χ4v) is 6.36. The highest BCUT2D eigenvalue weighted by Crippen LogP contribution is 2.40. The van der Waals surface area contributed by atoms with Crippen LogP contribution < -0.4 is 10.5 Å². The van der Waals surface area contributed by atoms with Crippen molar-refractivity contribution < 1.29 is 9.53 Å². The molecule has 0 radical (unpaired) electrons. The van der Waals surface area contributed by atoms with Gasteiger partial charge in [-0.25, -0.2) is 15.0 Å². The van der Waals surface area contributed by atoms with Gasteiger partial charge in [-0.2, -0.15) is 5.10 Å². The summed E-state index contributed by atoms with van der Waals surface area (Å²) in [4.78, 5) is 30.5. The van der Waals surface area contributed by atoms with E-state index in [9.17, 15) is 4.79 Å². The molecule has 0 aliphatic carbocycles. The molecule has 2 bridgehead atoms. The number of rotatable bonds is 0. The number of likely N-dealkylation sites (tertiary alicyclic amines) is 1. The van der Waals surface area contributed by atoms with Crippen LogP contribution in [-0.2, 0) is 0 Å². The summed E-state index contributed by atoms with van der Waals surface area (Å²) in [5.74, 6) is 2.56. The fourth-order valence-electron chi connectivity index (χ4n) is 6.36. The third-order valence-electron chi connectivity index (χ3n) is 8.46. The molecule has 2 saturated heterocycles. The maximum atomic E-state index is 14.0. The first-order valence-corrected chi connectivity index (χ1v) is 14.1. The van der Waals surface area contributed by atoms with Crippen LogP contribution in [0, 0.1) is 6.92 Å². The van der Waals surface area contributed by atoms with Crippen molar-refractivity contribution in [2.45, 2.75) is 76.5 Å². The van der Waals surface area contributed by atoms with Gasteiger partial charge in [-0.3, -0.25) is 4.79 Å². The van der Waals surface area contributed by atoms with E-state index >= 15 is 0 Å². The van der Waals surface area contributed by atoms with E-state index in [-0.39, 0.29) is 18.0 Å². The van der Waals surface area contributed by atoms with E-state index in [1.54, 1.807) is 0 Å². The van der Waals surface area contributed by atoms with Crippen LogP contribution in [0.5, 0.6) is 5.75 Å². The van der Waals surface area contributed by atoms with Gasteiger partial charge in [0.05, 0.1) is 18.4 Å². The molecule has 0 saturated carbocycles. The SMILES string of the molecule is Cc1ccc2c(n1)C(=O)N1CCCC[C@H]1C1=NN3C(=CC(N4CC[C@H](N)C4)=NC3(C)C1)N(C)CCCCO2. The van der Waals surface area contributed by atoms with E-state index in [2.05, 4.69) is 39.8 Å². The predicted octanol–water partition coefficient (Wildman–Crippen LogP) is 2.55. The quantitative estimate of drug-likeness (QED) is 0.561. The summed E-state index contributed by atoms with van der Waals surface area (Å²) in [5, 5.41) is 7.32. The smallest absolute Gasteiger partial charge is 0.276 e. The number of hydrazone groups is 1. The monoisotopic (exact) mass is 520 g/mol. The van der Waals surface area contributed by atoms with Crippen LogP contribution in [0.25, 0.3) is 0 Å². The zero-order valence-electron chi connectivity index (χ0n) is 22.9. The van der Waals surface area contributed by atoms with Crippen molar-refractivity contribution in [2.24, 2.45) is 15.8 Å². The second-order valence-electron chi connectivity index (χ2n) is 11.6. The van der Waals surface area contributed by atoms with Crippen LogP contribution in [-0.4, -0.2) is 99.7 Å². The van der Waals surface area contributed by atoms with Crippen molar-refractivity contribution >= 4 is 17.5 Å². The molecule has 3 atom stereocenters. The third kappa shape index (κ3) is 4.52. The molecule has 1 unspecified atom stereocenters. The lowest BCUT2D eigenvalue weighted by molar-refractivity contribution is 0.0667. The molecule has 6 rings (SSSR count). The van der Waals surface area contributed by atoms with E-state index < -0.39 is 5.66 Å². The van der Waals surface area contributed by atoms with E-state index in [1.807, 2.05) is 24.0 Å². The molecule has 1 aromatic rings. The van der Waals surface area contributed by atoms with Crippen LogP contribution in [0.3, 0.4) is 0 Å². The van der Waals surface area contributed by atoms with Crippen LogP contribution >= 0.6 is 0 Å². The van der Waals surface area contributed by atoms with E-state index in [0.29, 0.717) is 31.0 Å². The van der Waals surface area contributed by atoms with Gasteiger partial charge in [-0.05, 0) is 64.5 Å². The van der Waals surface area contributed by atoms with Crippen LogP contribution in [0.4, 0.5) is 0 Å². The highest BCUT2D eigenvalue weighted by molar-refractivity contribution is 6.01. The van der Waals surface area contributed by atoms with Gasteiger partial charge >= 0.3 is 0 Å². The molecule has 5 aliphatic rings. The average Bonchev–Trinajstić information content (AvgIpc) is 3.50. The van der Waals surface area contributed by atoms with Gasteiger partial charge in [0.25, 0.3) is 5.91 Å². The van der Waals surface area contributed by atoms with Gasteiger partial charge in [0, 0.05) is 57.5 Å². The molecule has 1 amide bonds. The lowest BCUT2D eigenvalue weighted by Crippen LogP contribution is -2.50. The van der Waals surface area contributed by atoms with Crippen LogP contribution in [0.15, 0.2) is 34.1 Å². The van der Waals surface area contributed by atoms with Gasteiger partial charge in [0.15, 0.2) is 17.1 Å². The molecule has 0 spiro atoms. The second-order valence-corrected chi connectivity index (χ2v) is 11.6. The number of carbonyl (C=O) groups is 1. The number of amides is 1. The van der Waals surface area contributed by atoms with Gasteiger partial charge in [-0.15, -0.1) is 0 Å². The molecular weight excluding hydrogens is 480 g/mol. The van der Waals surface area contributed by atoms with Crippen molar-refractivity contribution in [3.05, 3.63) is 35.4 Å². The van der Waals surface area contributed by atoms with Crippen LogP contribution in [0.1, 0.15) is 68.1 Å². The zero-order chi connectivity index (χ0) is 26.4. The van der Waals surface area contributed by atoms with Gasteiger partial charge < -0.3 is 25.2 Å². The number of aryl methyl sites for hydroxylation is 1. The van der Waals surface area contributed by atoms with Crippen molar-refractivity contribution in [3.8, 4) is 5.75 Å². The Bertz CT molecular complexity index is 1200. The molecule has 6 heterocycles. The number of pyridine rings is 1. The van der Waals surface area contributed by atoms with Gasteiger partial charge in [-0.1, -0.05) is 0 Å². The zero-order valence-corrected chi connectivity index (χ0v) is 22.9. The minimum absolute atomic E-state index is 0.0656. The van der Waals surface area contributed by atoms with E-state index in [0.717, 1.165) is 81.2 Å². The molecular formula is C28H40N8O2. The third-order valence-corrected chi connectivity index (χ3v) is 8.46. The Balaban J connectivity index is 1.40. The number of hydrogen-bond donors (Lipinski definition) is 1. The summed E-state index contributed by atoms with van der Waals surface area (Å²) in [6.07, 6.45) is 8.60. The standard InChI is InChI=1S/C28H40N8O2/c1-19-9-10-23-26(30-19)27(37)35-13-5-4-8-22(35)21-17-28(2)31-24(34-14-11-20(29)18-34)16-25(36(28)32-21)33(3)12-6-7-15-38-23/h9-10,16,20,22H,4-8,11-15,17-18,29H2,1-3H3/t20-,22-,28?/m0/s1. The topological polar surface area (TPSA) is 103 Å². The van der Waals surface area contributed by atoms with Gasteiger partial charge in [0.2, 0.25) is 0 Å². The summed E-state index contributed by atoms with van der Waals surface area (Å²) < 4.78 is 6.14. The average molecular weight is 521 g/mol. The Labute approximate surface area is 225 Å². The summed E-state index contributed by atoms with van der Waals surface area (Å²) >= 11 is 0. The lowest BCUT2D eigenvalue weighted by atomic mass is 9.92. The maximum Gasteiger partial charge on any atom is 0.276 e. The lowest BCUT2D eigenvalue weighted by Gasteiger charge is -2.41. The summed E-state index contributed by atoms with van der Waals surface area (Å²) in [6.45, 7) is 7.94. The Hall–Kier alpha value is -3.14. The Morgan fingerprint density at radius 3 is 2.76 bits per heavy atom. The summed E-state index contributed by atoms with van der Waals surface area (Å²) in [7, 11) is 2.13. The minimum atomic E-state index is -0.533. The number of aromatic nitrogens is 1. The summed E-state index contributed by atoms with van der Waals surface area (Å²) in [5.41, 5.74) is 7.97. The molecule has 10 nitrogen and oxygen atoms in total. The van der Waals surface area contributed by atoms with Crippen molar-refractivity contribution in [3.63, 3.8) is 0 Å². The number of carbonyl (C=O) groups excluding carboxylic acids is 1. The summed E-state index contributed by atoms with van der Waals surface area (Å²) in [6, 6.07) is 3.91. The maximum absolute atomic E-state index is 14.0. The first kappa shape index (κ1) is 25.2. The Morgan fingerprint density at radius 1 is 1.11 bits per heavy atom. The largest absolute Gasteiger partial charge is 0.491 e. The first-order chi connectivity index (χ1) is 18.3. The molecule has 10 heteroatoms. The Kier molecular flexibility index (Phi) is 6.53. The van der Waals surface area contributed by atoms with Crippen molar-refractivity contribution in [2.75, 3.05) is 39.8 Å². The van der Waals surface area contributed by atoms with Gasteiger partial charge in [0.1, 0.15) is 11.7 Å². The highest BCUT2D eigenvalue weighted by Gasteiger charge is 2.48. The fraction of sp³-hybridized carbons (Fsp3) is 0.643. The van der Waals surface area contributed by atoms with Crippen molar-refractivity contribution in [1.29, 1.82) is 0 Å². The molecule has 38 heavy (non-hydrogen) atoms. The number of nitrogens with two attached hydrogens (primary N) is 1. The number of nitrogens with zero attached hydrogens (tertiary/aromatic N) is 7. The molecule has 2 fully saturated rings. The molecule has 204 valence electrons. The van der Waals surface area contributed by atoms with E-state index in [1.165, 1.54) is 0 Å². The van der Waals surface area contributed by atoms with Crippen LogP contribution in [0.2, 0.25) is 0 Å². The molecule has 5 aliphatic heterocycles. The molecule has 1 aromatic heterocycles. The highest BCUT2D eigenvalue weighted by atomic mass is 16.5. The normalized spacial score (nSPS) is 30.0. The Morgan fingerprint density at radius 2 is 1.95 bits per heavy atom. The molecule has 2 N–H and O–H groups in total. The second kappa shape index (κ2) is 9.87. The van der Waals surface area contributed by atoms with E-state index in [4.69, 9.17) is 20.6 Å². The number of ether oxygens (including phenoxy) is 1. The number of hydrogen-bond acceptors (Lipinski definition) is 9. The predicted molar refractivity (Wildman–Crippen MR) is 147 cm³/mol. The number of amidine groups is 1. The van der Waals surface area contributed by atoms with Crippen molar-refractivity contribution in [1.82, 2.24) is 24.7 Å². The first-order valence-electron chi connectivity index (χ1n) is 14.1. The number of fused-ring (bicyclic) bond motifs is 3. The number of aliphatic imine (C=N–C) groups is 1. The minimum Gasteiger partial charge on any atom is -0.491 e. The molecule has 0 aromatic carbocycles.